The van der Waals surface area contributed by atoms with Crippen LogP contribution in [0.3, 0.4) is 0 Å². The van der Waals surface area contributed by atoms with Crippen LogP contribution in [-0.4, -0.2) is 14.1 Å². The number of hydrogen-bond acceptors (Lipinski definition) is 1. The molecule has 0 bridgehead atoms. The average Bonchev–Trinajstić information content (AvgIpc) is 3.38. The first-order valence-corrected chi connectivity index (χ1v) is 10.9. The van der Waals surface area contributed by atoms with Gasteiger partial charge in [0.05, 0.1) is 27.6 Å². The molecule has 0 saturated heterocycles. The largest absolute Gasteiger partial charge is 0.307 e. The van der Waals surface area contributed by atoms with E-state index >= 15 is 0 Å². The van der Waals surface area contributed by atoms with Gasteiger partial charge in [-0.15, -0.1) is 0 Å². The van der Waals surface area contributed by atoms with Gasteiger partial charge >= 0.3 is 0 Å². The van der Waals surface area contributed by atoms with Crippen molar-refractivity contribution in [2.75, 3.05) is 0 Å². The van der Waals surface area contributed by atoms with E-state index in [1.54, 1.807) is 12.1 Å². The third-order valence-corrected chi connectivity index (χ3v) is 6.39. The normalized spacial score (nSPS) is 11.8. The molecule has 0 atom stereocenters. The highest BCUT2D eigenvalue weighted by Crippen LogP contribution is 2.40. The molecule has 0 unspecified atom stereocenters. The molecule has 4 aromatic carbocycles. The number of hydrogen-bond donors (Lipinski definition) is 0. The van der Waals surface area contributed by atoms with E-state index in [1.807, 2.05) is 30.5 Å². The topological polar surface area (TPSA) is 22.8 Å². The number of pyridine rings is 1. The fraction of sp³-hybridized carbons (Fsp3) is 0. The van der Waals surface area contributed by atoms with Crippen molar-refractivity contribution in [2.45, 2.75) is 0 Å². The highest BCUT2D eigenvalue weighted by atomic mass is 19.1. The van der Waals surface area contributed by atoms with Crippen LogP contribution in [0.4, 0.5) is 4.39 Å². The van der Waals surface area contributed by atoms with Crippen molar-refractivity contribution < 1.29 is 4.39 Å². The predicted molar refractivity (Wildman–Crippen MR) is 133 cm³/mol. The summed E-state index contributed by atoms with van der Waals surface area (Å²) in [5, 5.41) is 3.26. The molecule has 0 amide bonds. The lowest BCUT2D eigenvalue weighted by Crippen LogP contribution is -1.99. The van der Waals surface area contributed by atoms with E-state index in [1.165, 1.54) is 6.07 Å². The fourth-order valence-electron chi connectivity index (χ4n) is 5.06. The second-order valence-electron chi connectivity index (χ2n) is 8.24. The summed E-state index contributed by atoms with van der Waals surface area (Å²) in [6.45, 7) is 0. The van der Waals surface area contributed by atoms with Gasteiger partial charge in [-0.05, 0) is 42.5 Å². The maximum Gasteiger partial charge on any atom is 0.125 e. The van der Waals surface area contributed by atoms with Gasteiger partial charge in [-0.1, -0.05) is 60.7 Å². The SMILES string of the molecule is Fc1cccc(-n2c3ccccc3c3ncc4c5ccccc5n(-c5ccccc5)c4c32)c1. The van der Waals surface area contributed by atoms with Crippen LogP contribution in [0.2, 0.25) is 0 Å². The van der Waals surface area contributed by atoms with Gasteiger partial charge < -0.3 is 9.13 Å². The molecule has 0 aliphatic carbocycles. The number of fused-ring (bicyclic) bond motifs is 7. The van der Waals surface area contributed by atoms with Crippen LogP contribution in [0.25, 0.3) is 55.1 Å². The monoisotopic (exact) mass is 427 g/mol. The van der Waals surface area contributed by atoms with E-state index in [4.69, 9.17) is 4.98 Å². The molecule has 0 aliphatic heterocycles. The third kappa shape index (κ3) is 2.52. The van der Waals surface area contributed by atoms with Gasteiger partial charge in [0.25, 0.3) is 0 Å². The molecule has 0 radical (unpaired) electrons. The zero-order chi connectivity index (χ0) is 21.9. The number of halogens is 1. The lowest BCUT2D eigenvalue weighted by Gasteiger charge is -2.12. The second kappa shape index (κ2) is 6.78. The number of aromatic nitrogens is 3. The average molecular weight is 427 g/mol. The fourth-order valence-corrected chi connectivity index (χ4v) is 5.06. The Balaban J connectivity index is 1.80. The molecule has 7 rings (SSSR count). The first-order valence-electron chi connectivity index (χ1n) is 10.9. The van der Waals surface area contributed by atoms with E-state index in [0.717, 1.165) is 55.1 Å². The standard InChI is InChI=1S/C29H18FN3/c30-19-9-8-12-21(17-19)33-26-16-7-5-14-23(26)27-29(33)28-24(18-31-27)22-13-4-6-15-25(22)32(28)20-10-2-1-3-11-20/h1-18H. The van der Waals surface area contributed by atoms with Crippen LogP contribution in [0, 0.1) is 5.82 Å². The summed E-state index contributed by atoms with van der Waals surface area (Å²) in [6.07, 6.45) is 1.97. The minimum absolute atomic E-state index is 0.262. The van der Waals surface area contributed by atoms with E-state index < -0.39 is 0 Å². The number of rotatable bonds is 2. The summed E-state index contributed by atoms with van der Waals surface area (Å²) in [6, 6.07) is 33.7. The van der Waals surface area contributed by atoms with Crippen molar-refractivity contribution in [2.24, 2.45) is 0 Å². The molecule has 7 aromatic rings. The summed E-state index contributed by atoms with van der Waals surface area (Å²) in [7, 11) is 0. The minimum Gasteiger partial charge on any atom is -0.307 e. The van der Waals surface area contributed by atoms with Gasteiger partial charge in [0, 0.05) is 33.7 Å². The predicted octanol–water partition coefficient (Wildman–Crippen LogP) is 7.41. The van der Waals surface area contributed by atoms with Crippen LogP contribution < -0.4 is 0 Å². The number of para-hydroxylation sites is 3. The molecule has 33 heavy (non-hydrogen) atoms. The summed E-state index contributed by atoms with van der Waals surface area (Å²) in [5.74, 6) is -0.262. The van der Waals surface area contributed by atoms with E-state index in [9.17, 15) is 4.39 Å². The van der Waals surface area contributed by atoms with Crippen molar-refractivity contribution in [3.63, 3.8) is 0 Å². The first-order chi connectivity index (χ1) is 16.3. The van der Waals surface area contributed by atoms with Gasteiger partial charge in [-0.25, -0.2) is 4.39 Å². The molecular formula is C29H18FN3. The molecule has 3 aromatic heterocycles. The molecule has 0 fully saturated rings. The molecular weight excluding hydrogens is 409 g/mol. The Hall–Kier alpha value is -4.44. The van der Waals surface area contributed by atoms with Crippen LogP contribution in [-0.2, 0) is 0 Å². The molecule has 3 nitrogen and oxygen atoms in total. The van der Waals surface area contributed by atoms with Gasteiger partial charge in [0.1, 0.15) is 5.82 Å². The third-order valence-electron chi connectivity index (χ3n) is 6.39. The van der Waals surface area contributed by atoms with Crippen molar-refractivity contribution in [1.29, 1.82) is 0 Å². The van der Waals surface area contributed by atoms with Gasteiger partial charge in [-0.2, -0.15) is 0 Å². The minimum atomic E-state index is -0.262. The van der Waals surface area contributed by atoms with Crippen molar-refractivity contribution in [3.05, 3.63) is 115 Å². The van der Waals surface area contributed by atoms with Crippen LogP contribution in [0.5, 0.6) is 0 Å². The van der Waals surface area contributed by atoms with Gasteiger partial charge in [0.15, 0.2) is 0 Å². The Morgan fingerprint density at radius 3 is 1.97 bits per heavy atom. The molecule has 0 N–H and O–H groups in total. The van der Waals surface area contributed by atoms with E-state index in [0.29, 0.717) is 0 Å². The van der Waals surface area contributed by atoms with E-state index in [2.05, 4.69) is 69.8 Å². The molecule has 0 saturated carbocycles. The second-order valence-corrected chi connectivity index (χ2v) is 8.24. The van der Waals surface area contributed by atoms with Crippen LogP contribution >= 0.6 is 0 Å². The summed E-state index contributed by atoms with van der Waals surface area (Å²) >= 11 is 0. The summed E-state index contributed by atoms with van der Waals surface area (Å²) in [4.78, 5) is 4.94. The summed E-state index contributed by atoms with van der Waals surface area (Å²) < 4.78 is 18.8. The highest BCUT2D eigenvalue weighted by Gasteiger charge is 2.21. The molecule has 156 valence electrons. The Bertz CT molecular complexity index is 1830. The Morgan fingerprint density at radius 2 is 1.18 bits per heavy atom. The molecule has 0 aliphatic rings. The Kier molecular flexibility index (Phi) is 3.73. The van der Waals surface area contributed by atoms with Crippen molar-refractivity contribution in [1.82, 2.24) is 14.1 Å². The van der Waals surface area contributed by atoms with Gasteiger partial charge in [-0.3, -0.25) is 4.98 Å². The lowest BCUT2D eigenvalue weighted by molar-refractivity contribution is 0.627. The van der Waals surface area contributed by atoms with Crippen LogP contribution in [0.1, 0.15) is 0 Å². The zero-order valence-electron chi connectivity index (χ0n) is 17.6. The van der Waals surface area contributed by atoms with Gasteiger partial charge in [0.2, 0.25) is 0 Å². The first kappa shape index (κ1) is 18.2. The molecule has 4 heteroatoms. The van der Waals surface area contributed by atoms with E-state index in [-0.39, 0.29) is 5.82 Å². The smallest absolute Gasteiger partial charge is 0.125 e. The maximum atomic E-state index is 14.4. The number of nitrogens with zero attached hydrogens (tertiary/aromatic N) is 3. The maximum absolute atomic E-state index is 14.4. The Morgan fingerprint density at radius 1 is 0.545 bits per heavy atom. The molecule has 3 heterocycles. The van der Waals surface area contributed by atoms with Crippen molar-refractivity contribution in [3.8, 4) is 11.4 Å². The van der Waals surface area contributed by atoms with Crippen molar-refractivity contribution >= 4 is 43.7 Å². The quantitative estimate of drug-likeness (QED) is 0.282. The summed E-state index contributed by atoms with van der Waals surface area (Å²) in [5.41, 5.74) is 6.91. The van der Waals surface area contributed by atoms with Crippen LogP contribution in [0.15, 0.2) is 109 Å². The number of benzene rings is 4. The molecule has 0 spiro atoms. The zero-order valence-corrected chi connectivity index (χ0v) is 17.6. The lowest BCUT2D eigenvalue weighted by atomic mass is 10.2. The Labute approximate surface area is 188 Å². The highest BCUT2D eigenvalue weighted by molar-refractivity contribution is 6.22.